The molecule has 0 radical (unpaired) electrons. The van der Waals surface area contributed by atoms with Gasteiger partial charge in [0.2, 0.25) is 0 Å². The lowest BCUT2D eigenvalue weighted by Gasteiger charge is -2.04. The first kappa shape index (κ1) is 13.1. The lowest BCUT2D eigenvalue weighted by molar-refractivity contribution is 0.0989. The van der Waals surface area contributed by atoms with Gasteiger partial charge >= 0.3 is 0 Å². The van der Waals surface area contributed by atoms with Crippen LogP contribution < -0.4 is 0 Å². The molecule has 0 atom stereocenters. The Bertz CT molecular complexity index is 560. The number of Topliss-reactive ketones (excluding diaryl/α,β-unsaturated/α-hetero) is 1. The molecule has 1 aromatic carbocycles. The van der Waals surface area contributed by atoms with Crippen LogP contribution in [0.4, 0.5) is 0 Å². The Morgan fingerprint density at radius 3 is 2.56 bits per heavy atom. The molecule has 0 spiro atoms. The van der Waals surface area contributed by atoms with E-state index < -0.39 is 0 Å². The first-order valence-corrected chi connectivity index (χ1v) is 6.21. The molecule has 0 amide bonds. The highest BCUT2D eigenvalue weighted by Crippen LogP contribution is 2.20. The zero-order valence-corrected chi connectivity index (χ0v) is 11.2. The predicted molar refractivity (Wildman–Crippen MR) is 70.2 cm³/mol. The summed E-state index contributed by atoms with van der Waals surface area (Å²) >= 11 is 11.7. The minimum Gasteiger partial charge on any atom is -0.294 e. The number of aryl methyl sites for hydroxylation is 1. The second kappa shape index (κ2) is 5.50. The number of carbonyl (C=O) groups excluding carboxylic acids is 1. The Morgan fingerprint density at radius 2 is 1.94 bits per heavy atom. The van der Waals surface area contributed by atoms with Crippen molar-refractivity contribution in [3.8, 4) is 0 Å². The van der Waals surface area contributed by atoms with Crippen molar-refractivity contribution in [1.82, 2.24) is 14.8 Å². The van der Waals surface area contributed by atoms with Crippen LogP contribution in [0.2, 0.25) is 10.0 Å². The summed E-state index contributed by atoms with van der Waals surface area (Å²) in [7, 11) is 0. The Kier molecular flexibility index (Phi) is 3.99. The number of rotatable bonds is 4. The first-order chi connectivity index (χ1) is 8.60. The van der Waals surface area contributed by atoms with Gasteiger partial charge in [-0.2, -0.15) is 5.10 Å². The van der Waals surface area contributed by atoms with Gasteiger partial charge in [-0.05, 0) is 25.1 Å². The molecule has 94 valence electrons. The molecule has 0 aliphatic heterocycles. The van der Waals surface area contributed by atoms with Crippen LogP contribution in [0.15, 0.2) is 24.5 Å². The van der Waals surface area contributed by atoms with Gasteiger partial charge in [0.15, 0.2) is 5.78 Å². The topological polar surface area (TPSA) is 47.8 Å². The van der Waals surface area contributed by atoms with Gasteiger partial charge < -0.3 is 0 Å². The lowest BCUT2D eigenvalue weighted by atomic mass is 10.1. The SMILES string of the molecule is CCn1ncnc1CC(=O)c1cc(Cl)cc(Cl)c1. The van der Waals surface area contributed by atoms with E-state index >= 15 is 0 Å². The largest absolute Gasteiger partial charge is 0.294 e. The van der Waals surface area contributed by atoms with Gasteiger partial charge in [-0.1, -0.05) is 23.2 Å². The fourth-order valence-electron chi connectivity index (χ4n) is 1.65. The molecule has 0 aliphatic rings. The van der Waals surface area contributed by atoms with E-state index in [1.165, 1.54) is 6.33 Å². The van der Waals surface area contributed by atoms with Crippen molar-refractivity contribution in [3.05, 3.63) is 46.0 Å². The number of hydrogen-bond acceptors (Lipinski definition) is 3. The summed E-state index contributed by atoms with van der Waals surface area (Å²) in [6.45, 7) is 2.62. The molecule has 4 nitrogen and oxygen atoms in total. The molecule has 1 aromatic heterocycles. The number of nitrogens with zero attached hydrogens (tertiary/aromatic N) is 3. The second-order valence-corrected chi connectivity index (χ2v) is 4.62. The number of aromatic nitrogens is 3. The van der Waals surface area contributed by atoms with Crippen molar-refractivity contribution >= 4 is 29.0 Å². The summed E-state index contributed by atoms with van der Waals surface area (Å²) in [5.74, 6) is 0.556. The van der Waals surface area contributed by atoms with Crippen molar-refractivity contribution in [3.63, 3.8) is 0 Å². The van der Waals surface area contributed by atoms with E-state index in [4.69, 9.17) is 23.2 Å². The first-order valence-electron chi connectivity index (χ1n) is 5.46. The molecule has 18 heavy (non-hydrogen) atoms. The molecule has 0 saturated carbocycles. The summed E-state index contributed by atoms with van der Waals surface area (Å²) in [4.78, 5) is 16.1. The molecule has 6 heteroatoms. The van der Waals surface area contributed by atoms with Crippen LogP contribution in [0.5, 0.6) is 0 Å². The summed E-state index contributed by atoms with van der Waals surface area (Å²) < 4.78 is 1.68. The maximum Gasteiger partial charge on any atom is 0.170 e. The monoisotopic (exact) mass is 283 g/mol. The molecule has 0 N–H and O–H groups in total. The quantitative estimate of drug-likeness (QED) is 0.811. The lowest BCUT2D eigenvalue weighted by Crippen LogP contribution is -2.10. The number of ketones is 1. The minimum atomic E-state index is -0.0814. The zero-order chi connectivity index (χ0) is 13.1. The highest BCUT2D eigenvalue weighted by molar-refractivity contribution is 6.35. The fourth-order valence-corrected chi connectivity index (χ4v) is 2.18. The normalized spacial score (nSPS) is 10.6. The number of hydrogen-bond donors (Lipinski definition) is 0. The number of carbonyl (C=O) groups is 1. The van der Waals surface area contributed by atoms with Crippen LogP contribution in [0.1, 0.15) is 23.1 Å². The highest BCUT2D eigenvalue weighted by Gasteiger charge is 2.12. The standard InChI is InChI=1S/C12H11Cl2N3O/c1-2-17-12(15-7-16-17)6-11(18)8-3-9(13)5-10(14)4-8/h3-5,7H,2,6H2,1H3. The molecule has 2 rings (SSSR count). The van der Waals surface area contributed by atoms with Gasteiger partial charge in [-0.25, -0.2) is 9.67 Å². The van der Waals surface area contributed by atoms with E-state index in [2.05, 4.69) is 10.1 Å². The summed E-state index contributed by atoms with van der Waals surface area (Å²) in [5, 5.41) is 4.91. The summed E-state index contributed by atoms with van der Waals surface area (Å²) in [6.07, 6.45) is 1.63. The minimum absolute atomic E-state index is 0.0814. The van der Waals surface area contributed by atoms with Gasteiger partial charge in [-0.3, -0.25) is 4.79 Å². The van der Waals surface area contributed by atoms with Crippen LogP contribution in [-0.2, 0) is 13.0 Å². The second-order valence-electron chi connectivity index (χ2n) is 3.75. The van der Waals surface area contributed by atoms with E-state index in [1.807, 2.05) is 6.92 Å². The van der Waals surface area contributed by atoms with Gasteiger partial charge in [0.05, 0.1) is 6.42 Å². The molecule has 0 aliphatic carbocycles. The number of halogens is 2. The number of benzene rings is 1. The maximum absolute atomic E-state index is 12.1. The highest BCUT2D eigenvalue weighted by atomic mass is 35.5. The van der Waals surface area contributed by atoms with Crippen LogP contribution in [-0.4, -0.2) is 20.5 Å². The Hall–Kier alpha value is -1.39. The van der Waals surface area contributed by atoms with Gasteiger partial charge in [0, 0.05) is 22.2 Å². The summed E-state index contributed by atoms with van der Waals surface area (Å²) in [6, 6.07) is 4.79. The average Bonchev–Trinajstić information content (AvgIpc) is 2.75. The third kappa shape index (κ3) is 2.89. The zero-order valence-electron chi connectivity index (χ0n) is 9.73. The Balaban J connectivity index is 2.22. The van der Waals surface area contributed by atoms with E-state index in [1.54, 1.807) is 22.9 Å². The van der Waals surface area contributed by atoms with Crippen LogP contribution in [0.25, 0.3) is 0 Å². The average molecular weight is 284 g/mol. The fraction of sp³-hybridized carbons (Fsp3) is 0.250. The molecule has 0 unspecified atom stereocenters. The van der Waals surface area contributed by atoms with E-state index in [0.29, 0.717) is 28.0 Å². The Morgan fingerprint density at radius 1 is 1.28 bits per heavy atom. The summed E-state index contributed by atoms with van der Waals surface area (Å²) in [5.41, 5.74) is 0.484. The molecular weight excluding hydrogens is 273 g/mol. The van der Waals surface area contributed by atoms with Gasteiger partial charge in [0.1, 0.15) is 12.2 Å². The smallest absolute Gasteiger partial charge is 0.170 e. The van der Waals surface area contributed by atoms with Crippen LogP contribution >= 0.6 is 23.2 Å². The predicted octanol–water partition coefficient (Wildman–Crippen LogP) is 3.03. The van der Waals surface area contributed by atoms with Crippen molar-refractivity contribution < 1.29 is 4.79 Å². The van der Waals surface area contributed by atoms with Crippen molar-refractivity contribution in [1.29, 1.82) is 0 Å². The van der Waals surface area contributed by atoms with Crippen LogP contribution in [0.3, 0.4) is 0 Å². The molecular formula is C12H11Cl2N3O. The van der Waals surface area contributed by atoms with Crippen molar-refractivity contribution in [2.75, 3.05) is 0 Å². The van der Waals surface area contributed by atoms with E-state index in [9.17, 15) is 4.79 Å². The molecule has 2 aromatic rings. The molecule has 0 bridgehead atoms. The molecule has 0 saturated heterocycles. The third-order valence-corrected chi connectivity index (χ3v) is 2.93. The van der Waals surface area contributed by atoms with E-state index in [-0.39, 0.29) is 12.2 Å². The Labute approximate surface area is 115 Å². The van der Waals surface area contributed by atoms with E-state index in [0.717, 1.165) is 0 Å². The third-order valence-electron chi connectivity index (χ3n) is 2.50. The van der Waals surface area contributed by atoms with Gasteiger partial charge in [0.25, 0.3) is 0 Å². The van der Waals surface area contributed by atoms with Gasteiger partial charge in [-0.15, -0.1) is 0 Å². The maximum atomic E-state index is 12.1. The van der Waals surface area contributed by atoms with Crippen LogP contribution in [0, 0.1) is 0 Å². The van der Waals surface area contributed by atoms with Crippen molar-refractivity contribution in [2.45, 2.75) is 19.9 Å². The molecule has 0 fully saturated rings. The van der Waals surface area contributed by atoms with Crippen molar-refractivity contribution in [2.24, 2.45) is 0 Å². The molecule has 1 heterocycles.